The maximum Gasteiger partial charge on any atom is 0.190 e. The van der Waals surface area contributed by atoms with Crippen LogP contribution in [0.2, 0.25) is 5.02 Å². The minimum absolute atomic E-state index is 0.0282. The lowest BCUT2D eigenvalue weighted by Gasteiger charge is -2.10. The summed E-state index contributed by atoms with van der Waals surface area (Å²) < 4.78 is 14.7. The molecule has 1 aliphatic heterocycles. The van der Waals surface area contributed by atoms with E-state index in [0.717, 1.165) is 11.1 Å². The van der Waals surface area contributed by atoms with Crippen LogP contribution in [0.4, 0.5) is 16.0 Å². The molecule has 0 spiro atoms. The number of hydrogen-bond acceptors (Lipinski definition) is 5. The van der Waals surface area contributed by atoms with Gasteiger partial charge in [0.15, 0.2) is 5.78 Å². The Morgan fingerprint density at radius 3 is 2.89 bits per heavy atom. The molecule has 0 saturated heterocycles. The molecule has 1 aliphatic rings. The van der Waals surface area contributed by atoms with E-state index in [-0.39, 0.29) is 17.5 Å². The summed E-state index contributed by atoms with van der Waals surface area (Å²) in [5.74, 6) is 0.643. The standard InChI is InChI=1S/C20H19ClFN5O/c1-2-27-17(8-18(26-27)23-9-12-3-5-14(22)6-4-12)19(28)16-11-25-20-15(16)7-13(21)10-24-20/h3-8,10,16H,2,9,11H2,1H3,(H,23,26)(H,24,25). The lowest BCUT2D eigenvalue weighted by atomic mass is 9.96. The Hall–Kier alpha value is -2.93. The van der Waals surface area contributed by atoms with Gasteiger partial charge in [-0.2, -0.15) is 5.10 Å². The van der Waals surface area contributed by atoms with Gasteiger partial charge in [-0.1, -0.05) is 23.7 Å². The highest BCUT2D eigenvalue weighted by Gasteiger charge is 2.32. The summed E-state index contributed by atoms with van der Waals surface area (Å²) in [5, 5.41) is 11.3. The number of rotatable bonds is 6. The van der Waals surface area contributed by atoms with E-state index < -0.39 is 0 Å². The lowest BCUT2D eigenvalue weighted by molar-refractivity contribution is 0.0956. The van der Waals surface area contributed by atoms with Crippen LogP contribution in [0.5, 0.6) is 0 Å². The van der Waals surface area contributed by atoms with Crippen molar-refractivity contribution in [2.45, 2.75) is 25.9 Å². The maximum atomic E-state index is 13.2. The van der Waals surface area contributed by atoms with Crippen LogP contribution in [0.15, 0.2) is 42.6 Å². The van der Waals surface area contributed by atoms with Crippen LogP contribution in [0.3, 0.4) is 0 Å². The minimum atomic E-state index is -0.354. The number of carbonyl (C=O) groups excluding carboxylic acids is 1. The number of aryl methyl sites for hydroxylation is 1. The van der Waals surface area contributed by atoms with Crippen LogP contribution in [0.1, 0.15) is 34.5 Å². The van der Waals surface area contributed by atoms with Gasteiger partial charge in [0.25, 0.3) is 0 Å². The zero-order valence-corrected chi connectivity index (χ0v) is 16.0. The predicted molar refractivity (Wildman–Crippen MR) is 106 cm³/mol. The van der Waals surface area contributed by atoms with Crippen LogP contribution in [-0.2, 0) is 13.1 Å². The quantitative estimate of drug-likeness (QED) is 0.611. The highest BCUT2D eigenvalue weighted by Crippen LogP contribution is 2.34. The summed E-state index contributed by atoms with van der Waals surface area (Å²) in [6.07, 6.45) is 1.56. The average Bonchev–Trinajstić information content (AvgIpc) is 3.30. The van der Waals surface area contributed by atoms with E-state index in [9.17, 15) is 9.18 Å². The van der Waals surface area contributed by atoms with E-state index in [1.807, 2.05) is 6.92 Å². The molecule has 1 unspecified atom stereocenters. The summed E-state index contributed by atoms with van der Waals surface area (Å²) in [6.45, 7) is 3.48. The molecule has 0 fully saturated rings. The molecule has 4 rings (SSSR count). The molecule has 3 aromatic rings. The fraction of sp³-hybridized carbons (Fsp3) is 0.250. The number of nitrogens with zero attached hydrogens (tertiary/aromatic N) is 3. The summed E-state index contributed by atoms with van der Waals surface area (Å²) >= 11 is 6.06. The van der Waals surface area contributed by atoms with Crippen molar-refractivity contribution in [2.75, 3.05) is 17.2 Å². The number of hydrogen-bond donors (Lipinski definition) is 2. The van der Waals surface area contributed by atoms with Gasteiger partial charge in [0.2, 0.25) is 0 Å². The van der Waals surface area contributed by atoms with Gasteiger partial charge in [0, 0.05) is 37.5 Å². The first-order valence-electron chi connectivity index (χ1n) is 9.05. The summed E-state index contributed by atoms with van der Waals surface area (Å²) in [6, 6.07) is 9.80. The number of pyridine rings is 1. The van der Waals surface area contributed by atoms with Gasteiger partial charge in [0.05, 0.1) is 10.9 Å². The molecule has 6 nitrogen and oxygen atoms in total. The molecular formula is C20H19ClFN5O. The average molecular weight is 400 g/mol. The van der Waals surface area contributed by atoms with Crippen LogP contribution < -0.4 is 10.6 Å². The first-order chi connectivity index (χ1) is 13.5. The Morgan fingerprint density at radius 2 is 2.14 bits per heavy atom. The van der Waals surface area contributed by atoms with Gasteiger partial charge >= 0.3 is 0 Å². The molecule has 1 atom stereocenters. The Labute approximate surface area is 166 Å². The topological polar surface area (TPSA) is 71.8 Å². The van der Waals surface area contributed by atoms with Gasteiger partial charge in [-0.25, -0.2) is 9.37 Å². The smallest absolute Gasteiger partial charge is 0.190 e. The van der Waals surface area contributed by atoms with Crippen molar-refractivity contribution < 1.29 is 9.18 Å². The van der Waals surface area contributed by atoms with Gasteiger partial charge < -0.3 is 10.6 Å². The zero-order valence-electron chi connectivity index (χ0n) is 15.2. The SMILES string of the molecule is CCn1nc(NCc2ccc(F)cc2)cc1C(=O)C1CNc2ncc(Cl)cc21. The normalized spacial score (nSPS) is 15.2. The molecule has 0 amide bonds. The fourth-order valence-electron chi connectivity index (χ4n) is 3.33. The number of fused-ring (bicyclic) bond motifs is 1. The number of Topliss-reactive ketones (excluding diaryl/α,β-unsaturated/α-hetero) is 1. The van der Waals surface area contributed by atoms with Crippen LogP contribution >= 0.6 is 11.6 Å². The van der Waals surface area contributed by atoms with Crippen molar-refractivity contribution in [3.63, 3.8) is 0 Å². The Kier molecular flexibility index (Phi) is 5.00. The summed E-state index contributed by atoms with van der Waals surface area (Å²) in [5.41, 5.74) is 2.26. The molecule has 8 heteroatoms. The van der Waals surface area contributed by atoms with E-state index in [1.165, 1.54) is 12.1 Å². The van der Waals surface area contributed by atoms with Gasteiger partial charge in [-0.15, -0.1) is 0 Å². The fourth-order valence-corrected chi connectivity index (χ4v) is 3.49. The van der Waals surface area contributed by atoms with Gasteiger partial charge in [-0.3, -0.25) is 9.48 Å². The monoisotopic (exact) mass is 399 g/mol. The van der Waals surface area contributed by atoms with Gasteiger partial charge in [0.1, 0.15) is 23.1 Å². The first-order valence-corrected chi connectivity index (χ1v) is 9.42. The van der Waals surface area contributed by atoms with Crippen LogP contribution in [0, 0.1) is 5.82 Å². The number of carbonyl (C=O) groups is 1. The van der Waals surface area contributed by atoms with Crippen molar-refractivity contribution in [1.29, 1.82) is 0 Å². The van der Waals surface area contributed by atoms with E-state index in [1.54, 1.807) is 35.1 Å². The number of ketones is 1. The van der Waals surface area contributed by atoms with Crippen molar-refractivity contribution in [2.24, 2.45) is 0 Å². The zero-order chi connectivity index (χ0) is 19.7. The highest BCUT2D eigenvalue weighted by molar-refractivity contribution is 6.30. The maximum absolute atomic E-state index is 13.2. The predicted octanol–water partition coefficient (Wildman–Crippen LogP) is 4.09. The van der Waals surface area contributed by atoms with E-state index in [4.69, 9.17) is 11.6 Å². The number of anilines is 2. The van der Waals surface area contributed by atoms with Crippen molar-refractivity contribution in [1.82, 2.24) is 14.8 Å². The third-order valence-electron chi connectivity index (χ3n) is 4.77. The van der Waals surface area contributed by atoms with E-state index >= 15 is 0 Å². The van der Waals surface area contributed by atoms with E-state index in [2.05, 4.69) is 20.7 Å². The second-order valence-corrected chi connectivity index (χ2v) is 7.04. The molecular weight excluding hydrogens is 381 g/mol. The Bertz CT molecular complexity index is 1020. The molecule has 1 aromatic carbocycles. The minimum Gasteiger partial charge on any atom is -0.369 e. The van der Waals surface area contributed by atoms with Crippen molar-refractivity contribution in [3.05, 3.63) is 70.3 Å². The Morgan fingerprint density at radius 1 is 1.36 bits per heavy atom. The molecule has 0 radical (unpaired) electrons. The second kappa shape index (κ2) is 7.59. The summed E-state index contributed by atoms with van der Waals surface area (Å²) in [7, 11) is 0. The third kappa shape index (κ3) is 3.57. The van der Waals surface area contributed by atoms with Gasteiger partial charge in [-0.05, 0) is 30.7 Å². The van der Waals surface area contributed by atoms with Crippen molar-refractivity contribution >= 4 is 29.0 Å². The van der Waals surface area contributed by atoms with Crippen LogP contribution in [0.25, 0.3) is 0 Å². The second-order valence-electron chi connectivity index (χ2n) is 6.60. The number of halogens is 2. The number of benzene rings is 1. The molecule has 28 heavy (non-hydrogen) atoms. The largest absolute Gasteiger partial charge is 0.369 e. The molecule has 2 aromatic heterocycles. The Balaban J connectivity index is 1.54. The summed E-state index contributed by atoms with van der Waals surface area (Å²) in [4.78, 5) is 17.4. The number of aromatic nitrogens is 3. The van der Waals surface area contributed by atoms with Crippen molar-refractivity contribution in [3.8, 4) is 0 Å². The van der Waals surface area contributed by atoms with E-state index in [0.29, 0.717) is 42.0 Å². The highest BCUT2D eigenvalue weighted by atomic mass is 35.5. The molecule has 0 aliphatic carbocycles. The number of nitrogens with one attached hydrogen (secondary N) is 2. The molecule has 144 valence electrons. The first kappa shape index (κ1) is 18.4. The lowest BCUT2D eigenvalue weighted by Crippen LogP contribution is -2.19. The molecule has 0 bridgehead atoms. The molecule has 2 N–H and O–H groups in total. The molecule has 3 heterocycles. The van der Waals surface area contributed by atoms with Crippen LogP contribution in [-0.4, -0.2) is 27.1 Å². The third-order valence-corrected chi connectivity index (χ3v) is 4.97. The molecule has 0 saturated carbocycles.